The minimum Gasteiger partial charge on any atom is -0.478 e. The van der Waals surface area contributed by atoms with E-state index in [1.165, 1.54) is 11.6 Å². The fourth-order valence-electron chi connectivity index (χ4n) is 2.08. The van der Waals surface area contributed by atoms with Gasteiger partial charge in [0.1, 0.15) is 0 Å². The topological polar surface area (TPSA) is 80.9 Å². The summed E-state index contributed by atoms with van der Waals surface area (Å²) in [6, 6.07) is 0. The van der Waals surface area contributed by atoms with E-state index in [9.17, 15) is 4.79 Å². The van der Waals surface area contributed by atoms with E-state index in [1.54, 1.807) is 17.1 Å². The summed E-state index contributed by atoms with van der Waals surface area (Å²) in [4.78, 5) is 18.9. The zero-order valence-corrected chi connectivity index (χ0v) is 11.7. The van der Waals surface area contributed by atoms with Gasteiger partial charge in [-0.05, 0) is 31.9 Å². The molecule has 0 aliphatic rings. The molecule has 0 amide bonds. The number of nitrogens with zero attached hydrogens (tertiary/aromatic N) is 4. The molecule has 1 N–H and O–H groups in total. The maximum atomic E-state index is 10.4. The van der Waals surface area contributed by atoms with Crippen molar-refractivity contribution in [3.8, 4) is 5.95 Å². The van der Waals surface area contributed by atoms with Crippen molar-refractivity contribution in [1.82, 2.24) is 19.7 Å². The lowest BCUT2D eigenvalue weighted by molar-refractivity contribution is -0.131. The molecular formula is C14H16N4O2. The number of carboxylic acids is 1. The molecule has 0 aliphatic heterocycles. The van der Waals surface area contributed by atoms with Gasteiger partial charge in [0.15, 0.2) is 0 Å². The molecule has 6 heteroatoms. The van der Waals surface area contributed by atoms with Crippen LogP contribution in [0.5, 0.6) is 0 Å². The summed E-state index contributed by atoms with van der Waals surface area (Å²) < 4.78 is 1.71. The van der Waals surface area contributed by atoms with Crippen LogP contribution in [0.2, 0.25) is 0 Å². The first-order chi connectivity index (χ1) is 9.52. The lowest BCUT2D eigenvalue weighted by Gasteiger charge is -2.03. The molecule has 0 spiro atoms. The quantitative estimate of drug-likeness (QED) is 0.860. The Morgan fingerprint density at radius 3 is 2.50 bits per heavy atom. The van der Waals surface area contributed by atoms with Crippen molar-refractivity contribution in [2.75, 3.05) is 0 Å². The molecule has 0 bridgehead atoms. The normalized spacial score (nSPS) is 11.2. The van der Waals surface area contributed by atoms with Gasteiger partial charge in [0, 0.05) is 29.7 Å². The average molecular weight is 272 g/mol. The molecule has 2 aromatic rings. The maximum absolute atomic E-state index is 10.4. The van der Waals surface area contributed by atoms with Crippen LogP contribution < -0.4 is 0 Å². The first kappa shape index (κ1) is 13.9. The molecule has 2 rings (SSSR count). The number of aryl methyl sites for hydroxylation is 1. The standard InChI is InChI=1S/C14H16N4O2/c1-4-12-9(2)17-18(10(12)3)14-15-7-11(8-16-14)5-6-13(19)20/h5-8H,4H2,1-3H3,(H,19,20)/b6-5+. The minimum atomic E-state index is -1.000. The van der Waals surface area contributed by atoms with Crippen LogP contribution in [0.15, 0.2) is 18.5 Å². The lowest BCUT2D eigenvalue weighted by Crippen LogP contribution is -2.05. The first-order valence-corrected chi connectivity index (χ1v) is 6.31. The van der Waals surface area contributed by atoms with Crippen LogP contribution >= 0.6 is 0 Å². The van der Waals surface area contributed by atoms with Gasteiger partial charge in [0.2, 0.25) is 0 Å². The highest BCUT2D eigenvalue weighted by molar-refractivity contribution is 5.85. The SMILES string of the molecule is CCc1c(C)nn(-c2ncc(/C=C/C(=O)O)cn2)c1C. The van der Waals surface area contributed by atoms with Crippen LogP contribution in [0.4, 0.5) is 0 Å². The third-order valence-corrected chi connectivity index (χ3v) is 3.06. The highest BCUT2D eigenvalue weighted by atomic mass is 16.4. The summed E-state index contributed by atoms with van der Waals surface area (Å²) in [7, 11) is 0. The van der Waals surface area contributed by atoms with Crippen molar-refractivity contribution in [3.63, 3.8) is 0 Å². The summed E-state index contributed by atoms with van der Waals surface area (Å²) >= 11 is 0. The van der Waals surface area contributed by atoms with Gasteiger partial charge in [-0.1, -0.05) is 6.92 Å². The number of aliphatic carboxylic acids is 1. The Balaban J connectivity index is 2.33. The molecule has 0 radical (unpaired) electrons. The van der Waals surface area contributed by atoms with Crippen molar-refractivity contribution in [1.29, 1.82) is 0 Å². The van der Waals surface area contributed by atoms with Crippen LogP contribution in [0.1, 0.15) is 29.4 Å². The van der Waals surface area contributed by atoms with E-state index in [4.69, 9.17) is 5.11 Å². The predicted octanol–water partition coefficient (Wildman–Crippen LogP) is 1.94. The summed E-state index contributed by atoms with van der Waals surface area (Å²) in [5.74, 6) is -0.516. The Kier molecular flexibility index (Phi) is 3.93. The second-order valence-corrected chi connectivity index (χ2v) is 4.40. The average Bonchev–Trinajstić information content (AvgIpc) is 2.72. The Morgan fingerprint density at radius 2 is 2.00 bits per heavy atom. The lowest BCUT2D eigenvalue weighted by atomic mass is 10.1. The number of rotatable bonds is 4. The van der Waals surface area contributed by atoms with E-state index in [0.717, 1.165) is 23.9 Å². The van der Waals surface area contributed by atoms with Gasteiger partial charge in [-0.3, -0.25) is 0 Å². The number of aromatic nitrogens is 4. The predicted molar refractivity (Wildman–Crippen MR) is 74.7 cm³/mol. The maximum Gasteiger partial charge on any atom is 0.328 e. The molecule has 2 aromatic heterocycles. The van der Waals surface area contributed by atoms with Crippen molar-refractivity contribution in [2.24, 2.45) is 0 Å². The van der Waals surface area contributed by atoms with E-state index < -0.39 is 5.97 Å². The second kappa shape index (κ2) is 5.64. The fourth-order valence-corrected chi connectivity index (χ4v) is 2.08. The van der Waals surface area contributed by atoms with E-state index in [-0.39, 0.29) is 0 Å². The highest BCUT2D eigenvalue weighted by Gasteiger charge is 2.12. The van der Waals surface area contributed by atoms with Gasteiger partial charge in [0.25, 0.3) is 5.95 Å². The number of carbonyl (C=O) groups is 1. The van der Waals surface area contributed by atoms with Crippen LogP contribution in [0.3, 0.4) is 0 Å². The van der Waals surface area contributed by atoms with Crippen LogP contribution in [0, 0.1) is 13.8 Å². The zero-order valence-electron chi connectivity index (χ0n) is 11.7. The van der Waals surface area contributed by atoms with Gasteiger partial charge < -0.3 is 5.11 Å². The zero-order chi connectivity index (χ0) is 14.7. The molecule has 0 fully saturated rings. The van der Waals surface area contributed by atoms with Gasteiger partial charge in [-0.15, -0.1) is 0 Å². The molecule has 0 unspecified atom stereocenters. The largest absolute Gasteiger partial charge is 0.478 e. The summed E-state index contributed by atoms with van der Waals surface area (Å²) in [6.07, 6.45) is 6.56. The van der Waals surface area contributed by atoms with Crippen LogP contribution in [0.25, 0.3) is 12.0 Å². The summed E-state index contributed by atoms with van der Waals surface area (Å²) in [5.41, 5.74) is 3.83. The Hall–Kier alpha value is -2.50. The molecule has 0 atom stereocenters. The van der Waals surface area contributed by atoms with Crippen LogP contribution in [-0.2, 0) is 11.2 Å². The monoisotopic (exact) mass is 272 g/mol. The van der Waals surface area contributed by atoms with Crippen molar-refractivity contribution in [2.45, 2.75) is 27.2 Å². The highest BCUT2D eigenvalue weighted by Crippen LogP contribution is 2.16. The first-order valence-electron chi connectivity index (χ1n) is 6.31. The fraction of sp³-hybridized carbons (Fsp3) is 0.286. The summed E-state index contributed by atoms with van der Waals surface area (Å²) in [6.45, 7) is 6.04. The Bertz CT molecular complexity index is 657. The molecule has 104 valence electrons. The molecule has 20 heavy (non-hydrogen) atoms. The molecule has 2 heterocycles. The molecule has 6 nitrogen and oxygen atoms in total. The summed E-state index contributed by atoms with van der Waals surface area (Å²) in [5, 5.41) is 13.0. The Morgan fingerprint density at radius 1 is 1.35 bits per heavy atom. The van der Waals surface area contributed by atoms with Crippen molar-refractivity contribution < 1.29 is 9.90 Å². The van der Waals surface area contributed by atoms with Crippen molar-refractivity contribution >= 4 is 12.0 Å². The van der Waals surface area contributed by atoms with Crippen LogP contribution in [-0.4, -0.2) is 30.8 Å². The van der Waals surface area contributed by atoms with Gasteiger partial charge in [-0.2, -0.15) is 5.10 Å². The molecule has 0 aromatic carbocycles. The minimum absolute atomic E-state index is 0.484. The number of carboxylic acid groups (broad SMARTS) is 1. The van der Waals surface area contributed by atoms with Gasteiger partial charge >= 0.3 is 5.97 Å². The van der Waals surface area contributed by atoms with E-state index >= 15 is 0 Å². The van der Waals surface area contributed by atoms with Crippen molar-refractivity contribution in [3.05, 3.63) is 41.0 Å². The van der Waals surface area contributed by atoms with Gasteiger partial charge in [0.05, 0.1) is 5.69 Å². The van der Waals surface area contributed by atoms with Gasteiger partial charge in [-0.25, -0.2) is 19.4 Å². The van der Waals surface area contributed by atoms with E-state index in [1.807, 2.05) is 13.8 Å². The Labute approximate surface area is 116 Å². The second-order valence-electron chi connectivity index (χ2n) is 4.40. The van der Waals surface area contributed by atoms with E-state index in [0.29, 0.717) is 11.5 Å². The number of hydrogen-bond acceptors (Lipinski definition) is 4. The third-order valence-electron chi connectivity index (χ3n) is 3.06. The number of hydrogen-bond donors (Lipinski definition) is 1. The smallest absolute Gasteiger partial charge is 0.328 e. The molecule has 0 saturated heterocycles. The third kappa shape index (κ3) is 2.74. The molecule has 0 saturated carbocycles. The molecule has 0 aliphatic carbocycles. The van der Waals surface area contributed by atoms with E-state index in [2.05, 4.69) is 22.0 Å². The molecular weight excluding hydrogens is 256 g/mol.